The standard InChI is InChI=1S/C12H8Cl2N2O3/c1-7-12(16(17)18)10(19-15-7)6-5-8-3-2-4-9(13)11(8)14/h2-6H,1H3/b6-5+. The van der Waals surface area contributed by atoms with Crippen LogP contribution in [0.2, 0.25) is 10.0 Å². The Morgan fingerprint density at radius 3 is 2.79 bits per heavy atom. The van der Waals surface area contributed by atoms with E-state index in [0.717, 1.165) is 0 Å². The summed E-state index contributed by atoms with van der Waals surface area (Å²) in [7, 11) is 0. The van der Waals surface area contributed by atoms with Crippen LogP contribution in [-0.4, -0.2) is 10.1 Å². The Hall–Kier alpha value is -1.85. The quantitative estimate of drug-likeness (QED) is 0.623. The summed E-state index contributed by atoms with van der Waals surface area (Å²) >= 11 is 11.9. The highest BCUT2D eigenvalue weighted by Crippen LogP contribution is 2.29. The molecular weight excluding hydrogens is 291 g/mol. The van der Waals surface area contributed by atoms with Crippen molar-refractivity contribution >= 4 is 41.0 Å². The SMILES string of the molecule is Cc1noc(/C=C/c2cccc(Cl)c2Cl)c1[N+](=O)[O-]. The van der Waals surface area contributed by atoms with E-state index in [4.69, 9.17) is 27.7 Å². The molecule has 0 spiro atoms. The van der Waals surface area contributed by atoms with Crippen molar-refractivity contribution in [3.8, 4) is 0 Å². The van der Waals surface area contributed by atoms with Crippen LogP contribution in [0.3, 0.4) is 0 Å². The summed E-state index contributed by atoms with van der Waals surface area (Å²) in [5.41, 5.74) is 0.703. The molecule has 5 nitrogen and oxygen atoms in total. The normalized spacial score (nSPS) is 11.1. The molecule has 0 N–H and O–H groups in total. The molecule has 2 rings (SSSR count). The second-order valence-electron chi connectivity index (χ2n) is 3.71. The highest BCUT2D eigenvalue weighted by molar-refractivity contribution is 6.42. The third-order valence-electron chi connectivity index (χ3n) is 2.44. The van der Waals surface area contributed by atoms with Crippen LogP contribution in [0.15, 0.2) is 22.7 Å². The predicted octanol–water partition coefficient (Wildman–Crippen LogP) is 4.37. The number of aromatic nitrogens is 1. The van der Waals surface area contributed by atoms with Crippen molar-refractivity contribution in [3.05, 3.63) is 55.4 Å². The summed E-state index contributed by atoms with van der Waals surface area (Å²) in [6, 6.07) is 5.12. The van der Waals surface area contributed by atoms with E-state index in [-0.39, 0.29) is 17.1 Å². The maximum absolute atomic E-state index is 10.9. The van der Waals surface area contributed by atoms with Crippen LogP contribution in [0.5, 0.6) is 0 Å². The van der Waals surface area contributed by atoms with Crippen LogP contribution in [0.4, 0.5) is 5.69 Å². The molecule has 0 atom stereocenters. The van der Waals surface area contributed by atoms with E-state index in [1.165, 1.54) is 13.0 Å². The number of aryl methyl sites for hydroxylation is 1. The van der Waals surface area contributed by atoms with Gasteiger partial charge in [-0.05, 0) is 30.7 Å². The fraction of sp³-hybridized carbons (Fsp3) is 0.0833. The van der Waals surface area contributed by atoms with Crippen molar-refractivity contribution in [1.29, 1.82) is 0 Å². The molecule has 0 aliphatic rings. The molecule has 0 amide bonds. The van der Waals surface area contributed by atoms with Gasteiger partial charge in [0.1, 0.15) is 0 Å². The predicted molar refractivity (Wildman–Crippen MR) is 73.3 cm³/mol. The van der Waals surface area contributed by atoms with Gasteiger partial charge in [-0.2, -0.15) is 0 Å². The molecule has 0 radical (unpaired) electrons. The zero-order chi connectivity index (χ0) is 14.0. The molecule has 1 heterocycles. The average Bonchev–Trinajstić information content (AvgIpc) is 2.72. The first-order valence-electron chi connectivity index (χ1n) is 5.23. The van der Waals surface area contributed by atoms with Crippen molar-refractivity contribution in [2.24, 2.45) is 0 Å². The molecule has 0 bridgehead atoms. The second-order valence-corrected chi connectivity index (χ2v) is 4.50. The van der Waals surface area contributed by atoms with Crippen LogP contribution < -0.4 is 0 Å². The first kappa shape index (κ1) is 13.6. The Morgan fingerprint density at radius 2 is 2.11 bits per heavy atom. The zero-order valence-corrected chi connectivity index (χ0v) is 11.3. The van der Waals surface area contributed by atoms with Crippen molar-refractivity contribution in [2.75, 3.05) is 0 Å². The number of rotatable bonds is 3. The van der Waals surface area contributed by atoms with Gasteiger partial charge in [-0.15, -0.1) is 0 Å². The molecule has 0 unspecified atom stereocenters. The monoisotopic (exact) mass is 298 g/mol. The van der Waals surface area contributed by atoms with E-state index >= 15 is 0 Å². The molecule has 0 saturated carbocycles. The number of hydrogen-bond donors (Lipinski definition) is 0. The third kappa shape index (κ3) is 2.77. The molecule has 0 aliphatic carbocycles. The van der Waals surface area contributed by atoms with Crippen LogP contribution in [0, 0.1) is 17.0 Å². The van der Waals surface area contributed by atoms with E-state index in [1.807, 2.05) is 0 Å². The van der Waals surface area contributed by atoms with Crippen LogP contribution in [-0.2, 0) is 0 Å². The summed E-state index contributed by atoms with van der Waals surface area (Å²) in [4.78, 5) is 10.3. The third-order valence-corrected chi connectivity index (χ3v) is 3.27. The summed E-state index contributed by atoms with van der Waals surface area (Å²) < 4.78 is 4.89. The minimum atomic E-state index is -0.537. The van der Waals surface area contributed by atoms with Crippen molar-refractivity contribution in [2.45, 2.75) is 6.92 Å². The molecule has 0 aliphatic heterocycles. The lowest BCUT2D eigenvalue weighted by atomic mass is 10.2. The molecule has 1 aromatic heterocycles. The van der Waals surface area contributed by atoms with E-state index in [0.29, 0.717) is 15.6 Å². The van der Waals surface area contributed by atoms with E-state index in [9.17, 15) is 10.1 Å². The number of benzene rings is 1. The first-order chi connectivity index (χ1) is 9.00. The lowest BCUT2D eigenvalue weighted by Gasteiger charge is -1.99. The fourth-order valence-electron chi connectivity index (χ4n) is 1.53. The van der Waals surface area contributed by atoms with Gasteiger partial charge < -0.3 is 4.52 Å². The van der Waals surface area contributed by atoms with Crippen LogP contribution in [0.25, 0.3) is 12.2 Å². The molecule has 1 aromatic carbocycles. The largest absolute Gasteiger partial charge is 0.349 e. The smallest absolute Gasteiger partial charge is 0.338 e. The minimum Gasteiger partial charge on any atom is -0.349 e. The van der Waals surface area contributed by atoms with Crippen molar-refractivity contribution < 1.29 is 9.45 Å². The van der Waals surface area contributed by atoms with E-state index in [1.54, 1.807) is 24.3 Å². The number of hydrogen-bond acceptors (Lipinski definition) is 4. The van der Waals surface area contributed by atoms with Crippen molar-refractivity contribution in [3.63, 3.8) is 0 Å². The van der Waals surface area contributed by atoms with Gasteiger partial charge in [0, 0.05) is 0 Å². The Morgan fingerprint density at radius 1 is 1.37 bits per heavy atom. The van der Waals surface area contributed by atoms with Gasteiger partial charge in [0.05, 0.1) is 15.0 Å². The highest BCUT2D eigenvalue weighted by atomic mass is 35.5. The fourth-order valence-corrected chi connectivity index (χ4v) is 1.90. The lowest BCUT2D eigenvalue weighted by Crippen LogP contribution is -1.90. The second kappa shape index (κ2) is 5.42. The maximum atomic E-state index is 10.9. The molecule has 98 valence electrons. The van der Waals surface area contributed by atoms with Crippen molar-refractivity contribution in [1.82, 2.24) is 5.16 Å². The summed E-state index contributed by atoms with van der Waals surface area (Å²) in [6.07, 6.45) is 3.02. The molecule has 19 heavy (non-hydrogen) atoms. The summed E-state index contributed by atoms with van der Waals surface area (Å²) in [6.45, 7) is 1.51. The maximum Gasteiger partial charge on any atom is 0.338 e. The molecule has 2 aromatic rings. The minimum absolute atomic E-state index is 0.0681. The first-order valence-corrected chi connectivity index (χ1v) is 5.99. The van der Waals surface area contributed by atoms with Gasteiger partial charge in [0.25, 0.3) is 0 Å². The average molecular weight is 299 g/mol. The Balaban J connectivity index is 2.38. The van der Waals surface area contributed by atoms with E-state index < -0.39 is 4.92 Å². The molecule has 0 saturated heterocycles. The van der Waals surface area contributed by atoms with Gasteiger partial charge in [0.15, 0.2) is 5.69 Å². The van der Waals surface area contributed by atoms with E-state index in [2.05, 4.69) is 5.16 Å². The highest BCUT2D eigenvalue weighted by Gasteiger charge is 2.21. The topological polar surface area (TPSA) is 69.2 Å². The summed E-state index contributed by atoms with van der Waals surface area (Å²) in [5, 5.41) is 15.2. The zero-order valence-electron chi connectivity index (χ0n) is 9.76. The number of nitro groups is 1. The van der Waals surface area contributed by atoms with Gasteiger partial charge in [-0.25, -0.2) is 0 Å². The Bertz CT molecular complexity index is 665. The van der Waals surface area contributed by atoms with Crippen LogP contribution in [0.1, 0.15) is 17.0 Å². The van der Waals surface area contributed by atoms with Gasteiger partial charge in [-0.3, -0.25) is 10.1 Å². The molecular formula is C12H8Cl2N2O3. The molecule has 0 fully saturated rings. The van der Waals surface area contributed by atoms with Gasteiger partial charge in [-0.1, -0.05) is 40.5 Å². The molecule has 7 heteroatoms. The number of halogens is 2. The number of nitrogens with zero attached hydrogens (tertiary/aromatic N) is 2. The Labute approximate surface area is 118 Å². The van der Waals surface area contributed by atoms with Gasteiger partial charge >= 0.3 is 5.69 Å². The summed E-state index contributed by atoms with van der Waals surface area (Å²) in [5.74, 6) is 0.0681. The van der Waals surface area contributed by atoms with Crippen LogP contribution >= 0.6 is 23.2 Å². The lowest BCUT2D eigenvalue weighted by molar-refractivity contribution is -0.386. The Kier molecular flexibility index (Phi) is 3.87. The van der Waals surface area contributed by atoms with Gasteiger partial charge in [0.2, 0.25) is 5.76 Å².